The van der Waals surface area contributed by atoms with Gasteiger partial charge in [-0.15, -0.1) is 42.5 Å². The van der Waals surface area contributed by atoms with Gasteiger partial charge in [-0.05, 0) is 22.3 Å². The number of hydrazone groups is 4. The van der Waals surface area contributed by atoms with Gasteiger partial charge in [0, 0.05) is 22.3 Å². The number of hydrogen-bond acceptors (Lipinski definition) is 16. The maximum atomic E-state index is 4.28. The summed E-state index contributed by atoms with van der Waals surface area (Å²) < 4.78 is 0. The van der Waals surface area contributed by atoms with Crippen molar-refractivity contribution in [2.45, 2.75) is 5.41 Å². The van der Waals surface area contributed by atoms with Crippen LogP contribution >= 0.6 is 0 Å². The van der Waals surface area contributed by atoms with E-state index in [4.69, 9.17) is 0 Å². The van der Waals surface area contributed by atoms with E-state index < -0.39 is 5.41 Å². The standard InChI is InChI=1S/C29H28N16/c1-9-21(10-2-17(1)25-30-38-39-31-25)29(22-11-3-18(4-12-22)26-32-40-41-33-26,23-13-5-19(6-14-23)27-34-42-43-35-27)24-15-7-20(8-16-24)28-36-44-45-37-28/h1-16,38-45H,(H,30,31)(H,32,33)(H,34,35)(H,36,37). The van der Waals surface area contributed by atoms with Gasteiger partial charge in [0.15, 0.2) is 23.3 Å². The molecule has 0 saturated carbocycles. The fraction of sp³-hybridized carbons (Fsp3) is 0.0345. The normalized spacial score (nSPS) is 16.7. The number of hydrazine groups is 8. The zero-order chi connectivity index (χ0) is 30.1. The molecule has 16 nitrogen and oxygen atoms in total. The maximum Gasteiger partial charge on any atom is 0.170 e. The SMILES string of the molecule is c1cc(C(c2ccc(C3=NNNN3)cc2)(c2ccc(C3=NNNN3)cc2)c2ccc(C3=NNNN3)cc2)ccc1C1=NNNN1. The second-order valence-corrected chi connectivity index (χ2v) is 10.3. The zero-order valence-corrected chi connectivity index (χ0v) is 23.5. The molecule has 224 valence electrons. The van der Waals surface area contributed by atoms with Crippen LogP contribution in [0.2, 0.25) is 0 Å². The Bertz CT molecular complexity index is 1550. The Hall–Kier alpha value is -6.20. The predicted molar refractivity (Wildman–Crippen MR) is 169 cm³/mol. The number of rotatable bonds is 8. The minimum absolute atomic E-state index is 0.705. The predicted octanol–water partition coefficient (Wildman–Crippen LogP) is -0.835. The summed E-state index contributed by atoms with van der Waals surface area (Å²) in [5.41, 5.74) is 41.6. The summed E-state index contributed by atoms with van der Waals surface area (Å²) in [5, 5.41) is 17.1. The highest BCUT2D eigenvalue weighted by atomic mass is 15.8. The van der Waals surface area contributed by atoms with Gasteiger partial charge in [0.05, 0.1) is 5.41 Å². The van der Waals surface area contributed by atoms with Crippen molar-refractivity contribution in [1.82, 2.24) is 66.0 Å². The van der Waals surface area contributed by atoms with Crippen molar-refractivity contribution in [3.05, 3.63) is 142 Å². The molecule has 0 bridgehead atoms. The van der Waals surface area contributed by atoms with Crippen LogP contribution in [-0.4, -0.2) is 23.3 Å². The first-order valence-electron chi connectivity index (χ1n) is 14.1. The van der Waals surface area contributed by atoms with Crippen LogP contribution < -0.4 is 66.0 Å². The molecular weight excluding hydrogens is 572 g/mol. The largest absolute Gasteiger partial charge is 0.285 e. The van der Waals surface area contributed by atoms with Crippen molar-refractivity contribution in [1.29, 1.82) is 0 Å². The minimum Gasteiger partial charge on any atom is -0.285 e. The Labute approximate surface area is 256 Å². The Morgan fingerprint density at radius 2 is 0.533 bits per heavy atom. The molecule has 0 aromatic heterocycles. The van der Waals surface area contributed by atoms with Gasteiger partial charge in [-0.2, -0.15) is 0 Å². The highest BCUT2D eigenvalue weighted by molar-refractivity contribution is 6.01. The van der Waals surface area contributed by atoms with Crippen LogP contribution in [0.4, 0.5) is 0 Å². The van der Waals surface area contributed by atoms with Crippen molar-refractivity contribution >= 4 is 23.3 Å². The fourth-order valence-corrected chi connectivity index (χ4v) is 5.86. The van der Waals surface area contributed by atoms with E-state index in [9.17, 15) is 0 Å². The van der Waals surface area contributed by atoms with Gasteiger partial charge in [0.25, 0.3) is 0 Å². The number of amidine groups is 4. The van der Waals surface area contributed by atoms with E-state index in [0.717, 1.165) is 44.5 Å². The summed E-state index contributed by atoms with van der Waals surface area (Å²) in [5.74, 6) is 2.82. The lowest BCUT2D eigenvalue weighted by Crippen LogP contribution is -2.36. The number of nitrogens with one attached hydrogen (secondary N) is 12. The fourth-order valence-electron chi connectivity index (χ4n) is 5.86. The molecule has 4 aromatic carbocycles. The van der Waals surface area contributed by atoms with Crippen molar-refractivity contribution in [2.24, 2.45) is 20.4 Å². The molecule has 4 aliphatic heterocycles. The van der Waals surface area contributed by atoms with Crippen LogP contribution in [0.1, 0.15) is 44.5 Å². The van der Waals surface area contributed by atoms with Crippen LogP contribution in [0.15, 0.2) is 117 Å². The molecule has 8 rings (SSSR count). The average molecular weight is 601 g/mol. The first kappa shape index (κ1) is 26.4. The topological polar surface area (TPSA) is 194 Å². The van der Waals surface area contributed by atoms with E-state index >= 15 is 0 Å². The molecular formula is C29H28N16. The molecule has 4 aliphatic rings. The van der Waals surface area contributed by atoms with Crippen LogP contribution in [-0.2, 0) is 5.41 Å². The van der Waals surface area contributed by atoms with Gasteiger partial charge < -0.3 is 0 Å². The Kier molecular flexibility index (Phi) is 6.54. The highest BCUT2D eigenvalue weighted by Gasteiger charge is 2.39. The van der Waals surface area contributed by atoms with Crippen LogP contribution in [0.25, 0.3) is 0 Å². The smallest absolute Gasteiger partial charge is 0.170 e. The molecule has 0 atom stereocenters. The summed E-state index contributed by atoms with van der Waals surface area (Å²) >= 11 is 0. The molecule has 0 saturated heterocycles. The van der Waals surface area contributed by atoms with Crippen LogP contribution in [0.3, 0.4) is 0 Å². The lowest BCUT2D eigenvalue weighted by atomic mass is 9.64. The number of nitrogens with zero attached hydrogens (tertiary/aromatic N) is 4. The monoisotopic (exact) mass is 600 g/mol. The number of benzene rings is 4. The second-order valence-electron chi connectivity index (χ2n) is 10.3. The molecule has 4 aromatic rings. The Morgan fingerprint density at radius 3 is 0.711 bits per heavy atom. The number of hydrogen-bond donors (Lipinski definition) is 12. The van der Waals surface area contributed by atoms with E-state index in [0.29, 0.717) is 23.3 Å². The van der Waals surface area contributed by atoms with Crippen LogP contribution in [0, 0.1) is 0 Å². The lowest BCUT2D eigenvalue weighted by molar-refractivity contribution is 0.577. The van der Waals surface area contributed by atoms with Crippen molar-refractivity contribution in [2.75, 3.05) is 0 Å². The molecule has 0 unspecified atom stereocenters. The third kappa shape index (κ3) is 4.67. The molecule has 0 aliphatic carbocycles. The Morgan fingerprint density at radius 1 is 0.311 bits per heavy atom. The molecule has 0 spiro atoms. The molecule has 4 heterocycles. The lowest BCUT2D eigenvalue weighted by Gasteiger charge is -2.37. The summed E-state index contributed by atoms with van der Waals surface area (Å²) in [6.45, 7) is 0. The summed E-state index contributed by atoms with van der Waals surface area (Å²) in [6, 6.07) is 33.7. The third-order valence-corrected chi connectivity index (χ3v) is 7.98. The van der Waals surface area contributed by atoms with Gasteiger partial charge in [0.2, 0.25) is 0 Å². The summed E-state index contributed by atoms with van der Waals surface area (Å²) in [7, 11) is 0. The van der Waals surface area contributed by atoms with E-state index in [1.54, 1.807) is 0 Å². The van der Waals surface area contributed by atoms with Gasteiger partial charge in [-0.25, -0.2) is 22.1 Å². The quantitative estimate of drug-likeness (QED) is 0.112. The zero-order valence-electron chi connectivity index (χ0n) is 23.5. The van der Waals surface area contributed by atoms with E-state index in [-0.39, 0.29) is 0 Å². The first-order chi connectivity index (χ1) is 22.3. The molecule has 0 radical (unpaired) electrons. The van der Waals surface area contributed by atoms with E-state index in [1.807, 2.05) is 0 Å². The summed E-state index contributed by atoms with van der Waals surface area (Å²) in [6.07, 6.45) is 0. The maximum absolute atomic E-state index is 4.28. The van der Waals surface area contributed by atoms with Crippen molar-refractivity contribution in [3.8, 4) is 0 Å². The van der Waals surface area contributed by atoms with E-state index in [2.05, 4.69) is 183 Å². The van der Waals surface area contributed by atoms with Crippen molar-refractivity contribution < 1.29 is 0 Å². The molecule has 12 N–H and O–H groups in total. The van der Waals surface area contributed by atoms with Gasteiger partial charge in [-0.1, -0.05) is 97.1 Å². The second kappa shape index (κ2) is 11.1. The average Bonchev–Trinajstić information content (AvgIpc) is 3.95. The third-order valence-electron chi connectivity index (χ3n) is 7.98. The van der Waals surface area contributed by atoms with E-state index in [1.165, 1.54) is 0 Å². The minimum atomic E-state index is -0.722. The van der Waals surface area contributed by atoms with Gasteiger partial charge in [-0.3, -0.25) is 21.7 Å². The molecule has 45 heavy (non-hydrogen) atoms. The molecule has 16 heteroatoms. The van der Waals surface area contributed by atoms with Crippen molar-refractivity contribution in [3.63, 3.8) is 0 Å². The Balaban J connectivity index is 1.32. The van der Waals surface area contributed by atoms with Crippen LogP contribution in [0.5, 0.6) is 0 Å². The molecule has 0 amide bonds. The van der Waals surface area contributed by atoms with Gasteiger partial charge in [0.1, 0.15) is 0 Å². The summed E-state index contributed by atoms with van der Waals surface area (Å²) in [4.78, 5) is 0. The first-order valence-corrected chi connectivity index (χ1v) is 14.1. The highest BCUT2D eigenvalue weighted by Crippen LogP contribution is 2.45. The van der Waals surface area contributed by atoms with Gasteiger partial charge >= 0.3 is 0 Å². The molecule has 0 fully saturated rings.